The van der Waals surface area contributed by atoms with Crippen molar-refractivity contribution in [2.24, 2.45) is 0 Å². The van der Waals surface area contributed by atoms with Crippen LogP contribution in [0.3, 0.4) is 0 Å². The minimum absolute atomic E-state index is 0.0312. The summed E-state index contributed by atoms with van der Waals surface area (Å²) in [5, 5.41) is 49.4. The van der Waals surface area contributed by atoms with E-state index in [1.165, 1.54) is 26.4 Å². The van der Waals surface area contributed by atoms with E-state index in [9.17, 15) is 30.4 Å². The van der Waals surface area contributed by atoms with Crippen molar-refractivity contribution in [1.29, 1.82) is 0 Å². The standard InChI is InChI=1S/C16H21NO11/c1-24-7-4-3-6-12(13(7)25-2)27-16(14(22)17(6)23)28-15-11(21)10(20)9(19)8(5-18)26-15/h3-4,8-11,15-16,18-21,23H,5H2,1-2H3/t8-,9-,10+,11-,15?,16?/m1/s1. The van der Waals surface area contributed by atoms with Gasteiger partial charge in [0.2, 0.25) is 5.75 Å². The molecule has 1 aromatic rings. The van der Waals surface area contributed by atoms with Crippen LogP contribution in [-0.2, 0) is 14.3 Å². The van der Waals surface area contributed by atoms with Crippen LogP contribution in [-0.4, -0.2) is 89.4 Å². The van der Waals surface area contributed by atoms with Crippen molar-refractivity contribution in [2.75, 3.05) is 25.9 Å². The maximum Gasteiger partial charge on any atom is 0.320 e. The average Bonchev–Trinajstić information content (AvgIpc) is 2.70. The quantitative estimate of drug-likeness (QED) is 0.344. The van der Waals surface area contributed by atoms with E-state index in [2.05, 4.69) is 0 Å². The molecule has 12 heteroatoms. The fourth-order valence-corrected chi connectivity index (χ4v) is 2.93. The van der Waals surface area contributed by atoms with Gasteiger partial charge in [0.05, 0.1) is 20.8 Å². The van der Waals surface area contributed by atoms with E-state index in [1.54, 1.807) is 0 Å². The molecule has 2 unspecified atom stereocenters. The number of benzene rings is 1. The van der Waals surface area contributed by atoms with E-state index in [0.29, 0.717) is 0 Å². The van der Waals surface area contributed by atoms with Crippen LogP contribution in [0.2, 0.25) is 0 Å². The first-order valence-electron chi connectivity index (χ1n) is 8.24. The molecule has 12 nitrogen and oxygen atoms in total. The minimum Gasteiger partial charge on any atom is -0.493 e. The van der Waals surface area contributed by atoms with Gasteiger partial charge in [-0.25, -0.2) is 0 Å². The monoisotopic (exact) mass is 403 g/mol. The maximum atomic E-state index is 12.4. The molecule has 1 fully saturated rings. The van der Waals surface area contributed by atoms with E-state index in [-0.39, 0.29) is 28.0 Å². The summed E-state index contributed by atoms with van der Waals surface area (Å²) in [7, 11) is 2.71. The number of hydroxylamine groups is 1. The van der Waals surface area contributed by atoms with E-state index in [1.807, 2.05) is 0 Å². The van der Waals surface area contributed by atoms with Crippen LogP contribution in [0.15, 0.2) is 12.1 Å². The van der Waals surface area contributed by atoms with E-state index in [0.717, 1.165) is 0 Å². The molecule has 1 aromatic carbocycles. The Morgan fingerprint density at radius 1 is 1.11 bits per heavy atom. The van der Waals surface area contributed by atoms with Gasteiger partial charge in [0.25, 0.3) is 6.29 Å². The highest BCUT2D eigenvalue weighted by Gasteiger charge is 2.47. The smallest absolute Gasteiger partial charge is 0.320 e. The molecule has 2 aliphatic rings. The van der Waals surface area contributed by atoms with Gasteiger partial charge in [0.15, 0.2) is 17.8 Å². The molecule has 0 aromatic heterocycles. The zero-order valence-electron chi connectivity index (χ0n) is 15.0. The number of methoxy groups -OCH3 is 2. The molecular formula is C16H21NO11. The van der Waals surface area contributed by atoms with Gasteiger partial charge in [-0.15, -0.1) is 0 Å². The summed E-state index contributed by atoms with van der Waals surface area (Å²) in [5.74, 6) is -0.778. The molecule has 0 aliphatic carbocycles. The normalized spacial score (nSPS) is 32.5. The Labute approximate surface area is 158 Å². The number of aliphatic hydroxyl groups excluding tert-OH is 4. The number of anilines is 1. The number of rotatable bonds is 5. The van der Waals surface area contributed by atoms with Gasteiger partial charge in [0, 0.05) is 0 Å². The summed E-state index contributed by atoms with van der Waals surface area (Å²) in [5.41, 5.74) is -0.0312. The number of hydrogen-bond acceptors (Lipinski definition) is 11. The molecule has 2 heterocycles. The highest BCUT2D eigenvalue weighted by Crippen LogP contribution is 2.47. The van der Waals surface area contributed by atoms with Crippen molar-refractivity contribution in [3.8, 4) is 17.2 Å². The Balaban J connectivity index is 1.87. The van der Waals surface area contributed by atoms with Gasteiger partial charge in [-0.2, -0.15) is 5.06 Å². The zero-order valence-corrected chi connectivity index (χ0v) is 15.0. The molecule has 28 heavy (non-hydrogen) atoms. The van der Waals surface area contributed by atoms with Crippen LogP contribution in [0.5, 0.6) is 17.2 Å². The number of carbonyl (C=O) groups excluding carboxylic acids is 1. The predicted octanol–water partition coefficient (Wildman–Crippen LogP) is -2.04. The van der Waals surface area contributed by atoms with Crippen LogP contribution in [0.1, 0.15) is 0 Å². The fraction of sp³-hybridized carbons (Fsp3) is 0.562. The summed E-state index contributed by atoms with van der Waals surface area (Å²) >= 11 is 0. The largest absolute Gasteiger partial charge is 0.493 e. The molecule has 5 N–H and O–H groups in total. The molecule has 156 valence electrons. The maximum absolute atomic E-state index is 12.4. The Kier molecular flexibility index (Phi) is 5.90. The number of hydrogen-bond donors (Lipinski definition) is 5. The van der Waals surface area contributed by atoms with E-state index in [4.69, 9.17) is 23.7 Å². The second-order valence-corrected chi connectivity index (χ2v) is 6.08. The molecule has 0 radical (unpaired) electrons. The fourth-order valence-electron chi connectivity index (χ4n) is 2.93. The summed E-state index contributed by atoms with van der Waals surface area (Å²) < 4.78 is 26.3. The van der Waals surface area contributed by atoms with E-state index < -0.39 is 49.5 Å². The van der Waals surface area contributed by atoms with Crippen molar-refractivity contribution in [3.63, 3.8) is 0 Å². The van der Waals surface area contributed by atoms with Crippen LogP contribution >= 0.6 is 0 Å². The SMILES string of the molecule is COc1ccc2c(c1OC)OC(OC1O[C@H](CO)[C@@H](O)[C@H](O)[C@H]1O)C(=O)N2O. The third kappa shape index (κ3) is 3.35. The topological polar surface area (TPSA) is 168 Å². The van der Waals surface area contributed by atoms with Crippen molar-refractivity contribution in [3.05, 3.63) is 12.1 Å². The van der Waals surface area contributed by atoms with Crippen LogP contribution in [0.25, 0.3) is 0 Å². The predicted molar refractivity (Wildman–Crippen MR) is 88.1 cm³/mol. The lowest BCUT2D eigenvalue weighted by Crippen LogP contribution is -2.61. The zero-order chi connectivity index (χ0) is 20.6. The first-order chi connectivity index (χ1) is 13.3. The highest BCUT2D eigenvalue weighted by atomic mass is 16.8. The summed E-state index contributed by atoms with van der Waals surface area (Å²) in [6.07, 6.45) is -9.73. The number of nitrogens with zero attached hydrogens (tertiary/aromatic N) is 1. The summed E-state index contributed by atoms with van der Waals surface area (Å²) in [6, 6.07) is 2.81. The van der Waals surface area contributed by atoms with Crippen molar-refractivity contribution >= 4 is 11.6 Å². The van der Waals surface area contributed by atoms with Crippen LogP contribution < -0.4 is 19.3 Å². The summed E-state index contributed by atoms with van der Waals surface area (Å²) in [4.78, 5) is 12.4. The molecule has 3 rings (SSSR count). The van der Waals surface area contributed by atoms with Gasteiger partial charge in [-0.1, -0.05) is 0 Å². The molecule has 1 saturated heterocycles. The molecule has 0 saturated carbocycles. The second-order valence-electron chi connectivity index (χ2n) is 6.08. The molecule has 0 bridgehead atoms. The number of aliphatic hydroxyl groups is 4. The number of amides is 1. The molecule has 0 spiro atoms. The lowest BCUT2D eigenvalue weighted by Gasteiger charge is -2.41. The lowest BCUT2D eigenvalue weighted by atomic mass is 9.99. The molecule has 2 aliphatic heterocycles. The van der Waals surface area contributed by atoms with Crippen LogP contribution in [0, 0.1) is 0 Å². The third-order valence-electron chi connectivity index (χ3n) is 4.45. The average molecular weight is 403 g/mol. The molecule has 6 atom stereocenters. The van der Waals surface area contributed by atoms with Crippen molar-refractivity contribution < 1.29 is 54.1 Å². The van der Waals surface area contributed by atoms with Gasteiger partial charge < -0.3 is 44.1 Å². The lowest BCUT2D eigenvalue weighted by molar-refractivity contribution is -0.323. The number of ether oxygens (including phenoxy) is 5. The first kappa shape index (κ1) is 20.5. The Morgan fingerprint density at radius 2 is 1.82 bits per heavy atom. The Morgan fingerprint density at radius 3 is 2.43 bits per heavy atom. The first-order valence-corrected chi connectivity index (χ1v) is 8.24. The number of fused-ring (bicyclic) bond motifs is 1. The van der Waals surface area contributed by atoms with Crippen LogP contribution in [0.4, 0.5) is 5.69 Å². The third-order valence-corrected chi connectivity index (χ3v) is 4.45. The van der Waals surface area contributed by atoms with Gasteiger partial charge in [-0.05, 0) is 12.1 Å². The Hall–Kier alpha value is -2.19. The molecule has 1 amide bonds. The van der Waals surface area contributed by atoms with Crippen molar-refractivity contribution in [2.45, 2.75) is 37.0 Å². The van der Waals surface area contributed by atoms with E-state index >= 15 is 0 Å². The summed E-state index contributed by atoms with van der Waals surface area (Å²) in [6.45, 7) is -0.676. The van der Waals surface area contributed by atoms with Crippen molar-refractivity contribution in [1.82, 2.24) is 0 Å². The minimum atomic E-state index is -1.79. The highest BCUT2D eigenvalue weighted by molar-refractivity contribution is 5.98. The Bertz CT molecular complexity index is 727. The van der Waals surface area contributed by atoms with Gasteiger partial charge in [-0.3, -0.25) is 10.0 Å². The molecular weight excluding hydrogens is 382 g/mol. The second kappa shape index (κ2) is 8.05. The number of carbonyl (C=O) groups is 1. The van der Waals surface area contributed by atoms with Gasteiger partial charge >= 0.3 is 5.91 Å². The van der Waals surface area contributed by atoms with Gasteiger partial charge in [0.1, 0.15) is 30.1 Å².